The Labute approximate surface area is 163 Å². The van der Waals surface area contributed by atoms with Crippen LogP contribution >= 0.6 is 0 Å². The molecule has 1 saturated heterocycles. The lowest BCUT2D eigenvalue weighted by molar-refractivity contribution is -0.237. The fourth-order valence-corrected chi connectivity index (χ4v) is 5.33. The van der Waals surface area contributed by atoms with Crippen LogP contribution in [0.2, 0.25) is 0 Å². The van der Waals surface area contributed by atoms with E-state index >= 15 is 0 Å². The molecule has 2 saturated carbocycles. The highest BCUT2D eigenvalue weighted by Gasteiger charge is 2.35. The molecule has 154 valence electrons. The van der Waals surface area contributed by atoms with Crippen LogP contribution in [0.3, 0.4) is 0 Å². The van der Waals surface area contributed by atoms with Gasteiger partial charge >= 0.3 is 0 Å². The molecule has 4 heteroatoms. The Morgan fingerprint density at radius 2 is 1.41 bits per heavy atom. The van der Waals surface area contributed by atoms with Crippen molar-refractivity contribution in [2.45, 2.75) is 76.9 Å². The first-order valence-electron chi connectivity index (χ1n) is 11.0. The Hall–Kier alpha value is -0.740. The first kappa shape index (κ1) is 21.0. The van der Waals surface area contributed by atoms with Crippen LogP contribution in [0.4, 0.5) is 8.78 Å². The molecule has 0 amide bonds. The van der Waals surface area contributed by atoms with Gasteiger partial charge in [-0.3, -0.25) is 0 Å². The van der Waals surface area contributed by atoms with Crippen LogP contribution in [0, 0.1) is 29.6 Å². The van der Waals surface area contributed by atoms with Crippen LogP contribution in [-0.2, 0) is 9.47 Å². The lowest BCUT2D eigenvalue weighted by Crippen LogP contribution is -2.41. The van der Waals surface area contributed by atoms with Gasteiger partial charge in [0, 0.05) is 11.8 Å². The molecule has 2 aliphatic carbocycles. The molecule has 0 aromatic carbocycles. The summed E-state index contributed by atoms with van der Waals surface area (Å²) in [6, 6.07) is 0. The van der Waals surface area contributed by atoms with E-state index in [4.69, 9.17) is 9.47 Å². The highest BCUT2D eigenvalue weighted by molar-refractivity contribution is 4.87. The third kappa shape index (κ3) is 6.39. The zero-order valence-electron chi connectivity index (χ0n) is 16.6. The van der Waals surface area contributed by atoms with Gasteiger partial charge in [0.15, 0.2) is 6.29 Å². The van der Waals surface area contributed by atoms with Crippen LogP contribution in [0.25, 0.3) is 0 Å². The van der Waals surface area contributed by atoms with E-state index in [1.165, 1.54) is 32.1 Å². The summed E-state index contributed by atoms with van der Waals surface area (Å²) in [7, 11) is 0. The third-order valence-electron chi connectivity index (χ3n) is 7.17. The Balaban J connectivity index is 1.34. The molecule has 0 aromatic rings. The molecule has 3 aliphatic rings. The number of hydrogen-bond donors (Lipinski definition) is 0. The summed E-state index contributed by atoms with van der Waals surface area (Å²) in [6.45, 7) is 5.46. The second kappa shape index (κ2) is 10.7. The van der Waals surface area contributed by atoms with Gasteiger partial charge in [0.25, 0.3) is 6.08 Å². The molecule has 0 spiro atoms. The van der Waals surface area contributed by atoms with Crippen LogP contribution in [0.1, 0.15) is 70.6 Å². The Morgan fingerprint density at radius 3 is 2.00 bits per heavy atom. The molecule has 0 aromatic heterocycles. The number of hydrogen-bond acceptors (Lipinski definition) is 2. The number of halogens is 2. The fourth-order valence-electron chi connectivity index (χ4n) is 5.33. The van der Waals surface area contributed by atoms with Gasteiger partial charge < -0.3 is 9.47 Å². The predicted molar refractivity (Wildman–Crippen MR) is 104 cm³/mol. The van der Waals surface area contributed by atoms with Gasteiger partial charge in [-0.05, 0) is 94.5 Å². The van der Waals surface area contributed by atoms with E-state index in [9.17, 15) is 8.78 Å². The lowest BCUT2D eigenvalue weighted by Gasteiger charge is -2.41. The second-order valence-electron chi connectivity index (χ2n) is 8.95. The average Bonchev–Trinajstić information content (AvgIpc) is 2.72. The van der Waals surface area contributed by atoms with Crippen molar-refractivity contribution in [2.24, 2.45) is 29.6 Å². The Morgan fingerprint density at radius 1 is 0.815 bits per heavy atom. The first-order valence-corrected chi connectivity index (χ1v) is 11.0. The zero-order chi connectivity index (χ0) is 19.1. The summed E-state index contributed by atoms with van der Waals surface area (Å²) in [5.41, 5.74) is 0. The van der Waals surface area contributed by atoms with Crippen molar-refractivity contribution in [3.05, 3.63) is 24.8 Å². The quantitative estimate of drug-likeness (QED) is 0.455. The van der Waals surface area contributed by atoms with Gasteiger partial charge in [-0.15, -0.1) is 6.58 Å². The van der Waals surface area contributed by atoms with Gasteiger partial charge in [-0.1, -0.05) is 6.08 Å². The minimum absolute atomic E-state index is 0.00406. The molecular formula is C23H36F2O2. The van der Waals surface area contributed by atoms with Crippen molar-refractivity contribution in [3.63, 3.8) is 0 Å². The Bertz CT molecular complexity index is 465. The first-order chi connectivity index (χ1) is 13.2. The minimum atomic E-state index is -1.54. The monoisotopic (exact) mass is 382 g/mol. The Kier molecular flexibility index (Phi) is 8.32. The molecule has 0 unspecified atom stereocenters. The molecule has 1 heterocycles. The van der Waals surface area contributed by atoms with Crippen molar-refractivity contribution in [2.75, 3.05) is 13.2 Å². The number of rotatable bonds is 7. The highest BCUT2D eigenvalue weighted by Crippen LogP contribution is 2.39. The largest absolute Gasteiger partial charge is 0.352 e. The minimum Gasteiger partial charge on any atom is -0.352 e. The van der Waals surface area contributed by atoms with Crippen molar-refractivity contribution < 1.29 is 18.3 Å². The van der Waals surface area contributed by atoms with Gasteiger partial charge in [-0.2, -0.15) is 8.78 Å². The van der Waals surface area contributed by atoms with E-state index in [-0.39, 0.29) is 6.29 Å². The van der Waals surface area contributed by atoms with Crippen molar-refractivity contribution in [1.29, 1.82) is 0 Å². The summed E-state index contributed by atoms with van der Waals surface area (Å²) in [6.07, 6.45) is 13.9. The van der Waals surface area contributed by atoms with Gasteiger partial charge in [-0.25, -0.2) is 0 Å². The standard InChI is InChI=1S/C23H36F2O2/c1-2-3-4-17-7-12-20(13-8-17)23-26-15-21(16-27-23)19-10-5-18(6-11-19)9-14-22(24)25/h2,14,17-21,23H,1,3-13,15-16H2. The predicted octanol–water partition coefficient (Wildman–Crippen LogP) is 6.73. The molecule has 3 rings (SSSR count). The molecule has 0 radical (unpaired) electrons. The van der Waals surface area contributed by atoms with Crippen molar-refractivity contribution in [1.82, 2.24) is 0 Å². The topological polar surface area (TPSA) is 18.5 Å². The van der Waals surface area contributed by atoms with Crippen molar-refractivity contribution in [3.8, 4) is 0 Å². The van der Waals surface area contributed by atoms with Crippen molar-refractivity contribution >= 4 is 0 Å². The van der Waals surface area contributed by atoms with Crippen LogP contribution < -0.4 is 0 Å². The summed E-state index contributed by atoms with van der Waals surface area (Å²) in [5, 5.41) is 0. The van der Waals surface area contributed by atoms with Crippen LogP contribution in [0.5, 0.6) is 0 Å². The van der Waals surface area contributed by atoms with Gasteiger partial charge in [0.2, 0.25) is 0 Å². The van der Waals surface area contributed by atoms with E-state index in [0.717, 1.165) is 57.3 Å². The molecule has 0 bridgehead atoms. The van der Waals surface area contributed by atoms with E-state index in [0.29, 0.717) is 30.1 Å². The molecule has 0 N–H and O–H groups in total. The molecule has 3 fully saturated rings. The maximum atomic E-state index is 12.2. The van der Waals surface area contributed by atoms with E-state index in [1.807, 2.05) is 6.08 Å². The molecule has 0 atom stereocenters. The third-order valence-corrected chi connectivity index (χ3v) is 7.17. The summed E-state index contributed by atoms with van der Waals surface area (Å²) < 4.78 is 36.8. The molecule has 2 nitrogen and oxygen atoms in total. The molecular weight excluding hydrogens is 346 g/mol. The molecule has 27 heavy (non-hydrogen) atoms. The average molecular weight is 383 g/mol. The van der Waals surface area contributed by atoms with Gasteiger partial charge in [0.1, 0.15) is 0 Å². The smallest absolute Gasteiger partial charge is 0.266 e. The number of ether oxygens (including phenoxy) is 2. The summed E-state index contributed by atoms with van der Waals surface area (Å²) >= 11 is 0. The SMILES string of the molecule is C=CCCC1CCC(C2OCC(C3CCC(CC=C(F)F)CC3)CO2)CC1. The molecule has 1 aliphatic heterocycles. The maximum absolute atomic E-state index is 12.2. The zero-order valence-corrected chi connectivity index (χ0v) is 16.6. The fraction of sp³-hybridized carbons (Fsp3) is 0.826. The normalized spacial score (nSPS) is 37.6. The maximum Gasteiger partial charge on any atom is 0.266 e. The van der Waals surface area contributed by atoms with E-state index in [2.05, 4.69) is 6.58 Å². The van der Waals surface area contributed by atoms with Crippen LogP contribution in [-0.4, -0.2) is 19.5 Å². The van der Waals surface area contributed by atoms with E-state index < -0.39 is 6.08 Å². The lowest BCUT2D eigenvalue weighted by atomic mass is 9.75. The summed E-state index contributed by atoms with van der Waals surface area (Å²) in [4.78, 5) is 0. The second-order valence-corrected chi connectivity index (χ2v) is 8.95. The van der Waals surface area contributed by atoms with Gasteiger partial charge in [0.05, 0.1) is 13.2 Å². The summed E-state index contributed by atoms with van der Waals surface area (Å²) in [5.74, 6) is 2.96. The number of allylic oxidation sites excluding steroid dienone is 2. The highest BCUT2D eigenvalue weighted by atomic mass is 19.3. The van der Waals surface area contributed by atoms with Crippen LogP contribution in [0.15, 0.2) is 24.8 Å². The van der Waals surface area contributed by atoms with E-state index in [1.54, 1.807) is 0 Å².